The lowest BCUT2D eigenvalue weighted by molar-refractivity contribution is -0.126. The van der Waals surface area contributed by atoms with Crippen LogP contribution in [0.5, 0.6) is 0 Å². The van der Waals surface area contributed by atoms with Gasteiger partial charge in [-0.3, -0.25) is 4.79 Å². The summed E-state index contributed by atoms with van der Waals surface area (Å²) in [6, 6.07) is 0. The zero-order chi connectivity index (χ0) is 13.0. The summed E-state index contributed by atoms with van der Waals surface area (Å²) >= 11 is 0. The third-order valence-corrected chi connectivity index (χ3v) is 3.88. The van der Waals surface area contributed by atoms with Crippen LogP contribution in [0.4, 0.5) is 0 Å². The quantitative estimate of drug-likeness (QED) is 0.723. The van der Waals surface area contributed by atoms with Crippen molar-refractivity contribution in [2.45, 2.75) is 31.7 Å². The van der Waals surface area contributed by atoms with E-state index < -0.39 is 5.54 Å². The Morgan fingerprint density at radius 2 is 2.22 bits per heavy atom. The molecule has 3 N–H and O–H groups in total. The van der Waals surface area contributed by atoms with Gasteiger partial charge in [-0.15, -0.1) is 0 Å². The lowest BCUT2D eigenvalue weighted by Gasteiger charge is -2.24. The number of carbonyl (C=O) groups excluding carboxylic acids is 1. The van der Waals surface area contributed by atoms with E-state index in [9.17, 15) is 4.79 Å². The molecule has 0 aromatic rings. The van der Waals surface area contributed by atoms with E-state index in [0.717, 1.165) is 6.54 Å². The zero-order valence-corrected chi connectivity index (χ0v) is 11.3. The van der Waals surface area contributed by atoms with E-state index in [-0.39, 0.29) is 5.91 Å². The van der Waals surface area contributed by atoms with Gasteiger partial charge in [-0.25, -0.2) is 0 Å². The number of nitrogens with zero attached hydrogens (tertiary/aromatic N) is 1. The smallest absolute Gasteiger partial charge is 0.242 e. The molecule has 5 heteroatoms. The van der Waals surface area contributed by atoms with E-state index in [0.29, 0.717) is 32.1 Å². The maximum absolute atomic E-state index is 12.0. The molecule has 2 heterocycles. The highest BCUT2D eigenvalue weighted by molar-refractivity contribution is 5.86. The number of nitrogens with one attached hydrogen (secondary N) is 1. The summed E-state index contributed by atoms with van der Waals surface area (Å²) in [4.78, 5) is 14.4. The van der Waals surface area contributed by atoms with Crippen molar-refractivity contribution in [1.82, 2.24) is 10.2 Å². The van der Waals surface area contributed by atoms with Crippen molar-refractivity contribution in [3.05, 3.63) is 0 Å². The minimum Gasteiger partial charge on any atom is -0.379 e. The number of ether oxygens (including phenoxy) is 1. The number of hydrogen-bond acceptors (Lipinski definition) is 4. The van der Waals surface area contributed by atoms with Crippen molar-refractivity contribution < 1.29 is 9.53 Å². The van der Waals surface area contributed by atoms with Gasteiger partial charge in [0.25, 0.3) is 0 Å². The molecule has 0 aliphatic carbocycles. The summed E-state index contributed by atoms with van der Waals surface area (Å²) < 4.78 is 5.20. The second kappa shape index (κ2) is 5.99. The first-order valence-corrected chi connectivity index (χ1v) is 6.97. The fourth-order valence-electron chi connectivity index (χ4n) is 2.67. The standard InChI is InChI=1S/C13H25N3O2/c1-11(9-16-5-2-3-6-16)8-15-12(17)13(14)4-7-18-10-13/h11H,2-10,14H2,1H3,(H,15,17). The average molecular weight is 255 g/mol. The Hall–Kier alpha value is -0.650. The van der Waals surface area contributed by atoms with Crippen LogP contribution >= 0.6 is 0 Å². The average Bonchev–Trinajstić information content (AvgIpc) is 2.98. The normalized spacial score (nSPS) is 30.6. The summed E-state index contributed by atoms with van der Waals surface area (Å²) in [6.45, 7) is 7.28. The molecule has 0 spiro atoms. The van der Waals surface area contributed by atoms with Crippen LogP contribution in [0.25, 0.3) is 0 Å². The van der Waals surface area contributed by atoms with Crippen LogP contribution in [-0.4, -0.2) is 55.7 Å². The zero-order valence-electron chi connectivity index (χ0n) is 11.3. The van der Waals surface area contributed by atoms with Crippen molar-refractivity contribution >= 4 is 5.91 Å². The summed E-state index contributed by atoms with van der Waals surface area (Å²) in [5.74, 6) is 0.409. The van der Waals surface area contributed by atoms with E-state index in [2.05, 4.69) is 17.1 Å². The lowest BCUT2D eigenvalue weighted by Crippen LogP contribution is -2.55. The fourth-order valence-corrected chi connectivity index (χ4v) is 2.67. The molecule has 0 bridgehead atoms. The van der Waals surface area contributed by atoms with Gasteiger partial charge in [0.1, 0.15) is 5.54 Å². The van der Waals surface area contributed by atoms with Crippen LogP contribution in [0.15, 0.2) is 0 Å². The Morgan fingerprint density at radius 3 is 2.83 bits per heavy atom. The van der Waals surface area contributed by atoms with E-state index in [4.69, 9.17) is 10.5 Å². The highest BCUT2D eigenvalue weighted by Crippen LogP contribution is 2.15. The number of nitrogens with two attached hydrogens (primary N) is 1. The second-order valence-corrected chi connectivity index (χ2v) is 5.78. The molecule has 0 aromatic carbocycles. The Morgan fingerprint density at radius 1 is 1.50 bits per heavy atom. The number of likely N-dealkylation sites (tertiary alicyclic amines) is 1. The van der Waals surface area contributed by atoms with Crippen LogP contribution in [-0.2, 0) is 9.53 Å². The molecule has 2 fully saturated rings. The van der Waals surface area contributed by atoms with Gasteiger partial charge in [0.2, 0.25) is 5.91 Å². The van der Waals surface area contributed by atoms with Gasteiger partial charge in [-0.05, 0) is 38.3 Å². The van der Waals surface area contributed by atoms with E-state index in [1.165, 1.54) is 25.9 Å². The molecule has 2 atom stereocenters. The van der Waals surface area contributed by atoms with Crippen molar-refractivity contribution in [2.24, 2.45) is 11.7 Å². The topological polar surface area (TPSA) is 67.6 Å². The van der Waals surface area contributed by atoms with Gasteiger partial charge in [0.05, 0.1) is 6.61 Å². The molecule has 0 aromatic heterocycles. The molecule has 2 rings (SSSR count). The summed E-state index contributed by atoms with van der Waals surface area (Å²) in [6.07, 6.45) is 3.24. The monoisotopic (exact) mass is 255 g/mol. The number of rotatable bonds is 5. The van der Waals surface area contributed by atoms with Crippen LogP contribution in [0.1, 0.15) is 26.2 Å². The molecule has 18 heavy (non-hydrogen) atoms. The largest absolute Gasteiger partial charge is 0.379 e. The highest BCUT2D eigenvalue weighted by Gasteiger charge is 2.38. The fraction of sp³-hybridized carbons (Fsp3) is 0.923. The van der Waals surface area contributed by atoms with E-state index in [1.807, 2.05) is 0 Å². The van der Waals surface area contributed by atoms with Gasteiger partial charge in [0, 0.05) is 19.7 Å². The first-order chi connectivity index (χ1) is 8.60. The van der Waals surface area contributed by atoms with Crippen LogP contribution in [0, 0.1) is 5.92 Å². The minimum absolute atomic E-state index is 0.0618. The maximum Gasteiger partial charge on any atom is 0.242 e. The molecule has 2 aliphatic rings. The van der Waals surface area contributed by atoms with Crippen molar-refractivity contribution in [1.29, 1.82) is 0 Å². The van der Waals surface area contributed by atoms with E-state index >= 15 is 0 Å². The highest BCUT2D eigenvalue weighted by atomic mass is 16.5. The number of amides is 1. The van der Waals surface area contributed by atoms with E-state index in [1.54, 1.807) is 0 Å². The predicted octanol–water partition coefficient (Wildman–Crippen LogP) is -0.0477. The molecule has 0 saturated carbocycles. The van der Waals surface area contributed by atoms with Crippen molar-refractivity contribution in [2.75, 3.05) is 39.4 Å². The Balaban J connectivity index is 1.68. The lowest BCUT2D eigenvalue weighted by atomic mass is 9.99. The molecular weight excluding hydrogens is 230 g/mol. The predicted molar refractivity (Wildman–Crippen MR) is 70.2 cm³/mol. The minimum atomic E-state index is -0.798. The molecular formula is C13H25N3O2. The summed E-state index contributed by atoms with van der Waals surface area (Å²) in [5, 5.41) is 2.97. The summed E-state index contributed by atoms with van der Waals surface area (Å²) in [5.41, 5.74) is 5.21. The van der Waals surface area contributed by atoms with Gasteiger partial charge in [-0.2, -0.15) is 0 Å². The first-order valence-electron chi connectivity index (χ1n) is 6.97. The van der Waals surface area contributed by atoms with Gasteiger partial charge in [-0.1, -0.05) is 6.92 Å². The van der Waals surface area contributed by atoms with Crippen LogP contribution in [0.2, 0.25) is 0 Å². The van der Waals surface area contributed by atoms with Gasteiger partial charge < -0.3 is 20.7 Å². The molecule has 2 unspecified atom stereocenters. The molecule has 5 nitrogen and oxygen atoms in total. The SMILES string of the molecule is CC(CNC(=O)C1(N)CCOC1)CN1CCCC1. The second-order valence-electron chi connectivity index (χ2n) is 5.78. The van der Waals surface area contributed by atoms with Crippen molar-refractivity contribution in [3.63, 3.8) is 0 Å². The first kappa shape index (κ1) is 13.8. The van der Waals surface area contributed by atoms with Gasteiger partial charge in [0.15, 0.2) is 0 Å². The van der Waals surface area contributed by atoms with Crippen LogP contribution in [0.3, 0.4) is 0 Å². The molecule has 1 amide bonds. The Bertz CT molecular complexity index is 284. The maximum atomic E-state index is 12.0. The number of hydrogen-bond donors (Lipinski definition) is 2. The third-order valence-electron chi connectivity index (χ3n) is 3.88. The molecule has 0 radical (unpaired) electrons. The van der Waals surface area contributed by atoms with Crippen LogP contribution < -0.4 is 11.1 Å². The van der Waals surface area contributed by atoms with Gasteiger partial charge >= 0.3 is 0 Å². The number of carbonyl (C=O) groups is 1. The van der Waals surface area contributed by atoms with Crippen molar-refractivity contribution in [3.8, 4) is 0 Å². The molecule has 2 aliphatic heterocycles. The Labute approximate surface area is 109 Å². The summed E-state index contributed by atoms with van der Waals surface area (Å²) in [7, 11) is 0. The Kier molecular flexibility index (Phi) is 4.59. The molecule has 2 saturated heterocycles. The third kappa shape index (κ3) is 3.43. The molecule has 104 valence electrons.